The van der Waals surface area contributed by atoms with Crippen LogP contribution < -0.4 is 4.57 Å². The molecule has 0 atom stereocenters. The first-order chi connectivity index (χ1) is 18.6. The number of hydrogen-bond donors (Lipinski definition) is 0. The zero-order chi connectivity index (χ0) is 25.5. The van der Waals surface area contributed by atoms with Gasteiger partial charge in [-0.25, -0.2) is 4.57 Å². The molecule has 0 amide bonds. The number of hydrogen-bond acceptors (Lipinski definition) is 0. The van der Waals surface area contributed by atoms with Crippen molar-refractivity contribution in [3.8, 4) is 22.3 Å². The highest BCUT2D eigenvalue weighted by Crippen LogP contribution is 2.43. The van der Waals surface area contributed by atoms with Crippen LogP contribution in [0.1, 0.15) is 11.1 Å². The van der Waals surface area contributed by atoms with Gasteiger partial charge in [0.05, 0.1) is 27.3 Å². The fourth-order valence-electron chi connectivity index (χ4n) is 6.51. The molecule has 2 nitrogen and oxygen atoms in total. The number of pyridine rings is 2. The van der Waals surface area contributed by atoms with E-state index in [2.05, 4.69) is 139 Å². The minimum atomic E-state index is 1.24. The van der Waals surface area contributed by atoms with E-state index in [1.807, 2.05) is 0 Å². The second kappa shape index (κ2) is 7.66. The molecule has 0 aliphatic heterocycles. The van der Waals surface area contributed by atoms with Gasteiger partial charge in [0.2, 0.25) is 5.52 Å². The van der Waals surface area contributed by atoms with Gasteiger partial charge in [0.1, 0.15) is 7.05 Å². The molecule has 0 fully saturated rings. The summed E-state index contributed by atoms with van der Waals surface area (Å²) in [7, 11) is 2.18. The highest BCUT2D eigenvalue weighted by atomic mass is 15.0. The van der Waals surface area contributed by atoms with Crippen molar-refractivity contribution >= 4 is 49.0 Å². The third-order valence-electron chi connectivity index (χ3n) is 8.48. The number of benzene rings is 5. The van der Waals surface area contributed by atoms with Crippen molar-refractivity contribution in [2.75, 3.05) is 0 Å². The van der Waals surface area contributed by atoms with Gasteiger partial charge < -0.3 is 4.40 Å². The van der Waals surface area contributed by atoms with Crippen molar-refractivity contribution in [3.05, 3.63) is 120 Å². The van der Waals surface area contributed by atoms with Crippen LogP contribution in [0.5, 0.6) is 0 Å². The lowest BCUT2D eigenvalue weighted by Crippen LogP contribution is -2.29. The van der Waals surface area contributed by atoms with Crippen LogP contribution in [0.3, 0.4) is 0 Å². The summed E-state index contributed by atoms with van der Waals surface area (Å²) in [6.45, 7) is 4.54. The van der Waals surface area contributed by atoms with Crippen LogP contribution in [0.4, 0.5) is 0 Å². The van der Waals surface area contributed by atoms with E-state index in [0.717, 1.165) is 0 Å². The molecule has 0 saturated carbocycles. The Balaban J connectivity index is 1.64. The van der Waals surface area contributed by atoms with Gasteiger partial charge in [-0.1, -0.05) is 66.7 Å². The normalized spacial score (nSPS) is 12.1. The molecule has 8 rings (SSSR count). The van der Waals surface area contributed by atoms with Gasteiger partial charge in [0.15, 0.2) is 6.20 Å². The fourth-order valence-corrected chi connectivity index (χ4v) is 6.51. The molecule has 0 saturated heterocycles. The summed E-state index contributed by atoms with van der Waals surface area (Å²) in [5, 5.41) is 6.58. The van der Waals surface area contributed by atoms with Crippen LogP contribution >= 0.6 is 0 Å². The second-order valence-electron chi connectivity index (χ2n) is 10.6. The SMILES string of the molecule is Cc1cc2c3cc(-c4ccccc4)ccc3n3c4cc(-c5ccccc5)cc5cc[n+](C)c(c(c1C)c23)c54. The fraction of sp³-hybridized carbons (Fsp3) is 0.0833. The Bertz CT molecular complexity index is 2190. The summed E-state index contributed by atoms with van der Waals surface area (Å²) in [5.74, 6) is 0. The average Bonchev–Trinajstić information content (AvgIpc) is 3.28. The van der Waals surface area contributed by atoms with E-state index in [9.17, 15) is 0 Å². The number of aryl methyl sites for hydroxylation is 3. The lowest BCUT2D eigenvalue weighted by atomic mass is 9.94. The standard InChI is InChI=1S/C36H27N2/c1-22-18-30-29-20-26(24-10-6-4-7-11-24)14-15-31(29)38-32-21-28(25-12-8-5-9-13-25)19-27-16-17-37(3)36(34(27)32)33(23(22)2)35(30)38/h4-21H,1-3H3/q+1. The molecule has 0 unspecified atom stereocenters. The zero-order valence-corrected chi connectivity index (χ0v) is 21.8. The molecule has 0 spiro atoms. The summed E-state index contributed by atoms with van der Waals surface area (Å²) < 4.78 is 4.84. The number of nitrogens with zero attached hydrogens (tertiary/aromatic N) is 2. The second-order valence-corrected chi connectivity index (χ2v) is 10.6. The van der Waals surface area contributed by atoms with Crippen molar-refractivity contribution in [2.45, 2.75) is 13.8 Å². The molecule has 3 aromatic heterocycles. The number of aromatic nitrogens is 2. The van der Waals surface area contributed by atoms with Gasteiger partial charge >= 0.3 is 0 Å². The summed E-state index contributed by atoms with van der Waals surface area (Å²) >= 11 is 0. The van der Waals surface area contributed by atoms with E-state index in [4.69, 9.17) is 0 Å². The molecule has 5 aromatic carbocycles. The first-order valence-electron chi connectivity index (χ1n) is 13.3. The van der Waals surface area contributed by atoms with Crippen molar-refractivity contribution < 1.29 is 4.57 Å². The molecule has 8 aromatic rings. The van der Waals surface area contributed by atoms with E-state index in [1.54, 1.807) is 0 Å². The van der Waals surface area contributed by atoms with Crippen LogP contribution in [0.25, 0.3) is 71.3 Å². The lowest BCUT2D eigenvalue weighted by molar-refractivity contribution is -0.643. The zero-order valence-electron chi connectivity index (χ0n) is 21.8. The van der Waals surface area contributed by atoms with Crippen LogP contribution in [-0.2, 0) is 7.05 Å². The van der Waals surface area contributed by atoms with E-state index in [1.165, 1.54) is 82.4 Å². The molecule has 0 radical (unpaired) electrons. The molecule has 180 valence electrons. The molecule has 3 heterocycles. The predicted molar refractivity (Wildman–Crippen MR) is 160 cm³/mol. The Labute approximate surface area is 221 Å². The van der Waals surface area contributed by atoms with Gasteiger partial charge in [0.25, 0.3) is 0 Å². The molecular formula is C36H27N2+. The van der Waals surface area contributed by atoms with Crippen molar-refractivity contribution in [3.63, 3.8) is 0 Å². The minimum Gasteiger partial charge on any atom is -0.307 e. The quantitative estimate of drug-likeness (QED) is 0.131. The minimum absolute atomic E-state index is 1.24. The van der Waals surface area contributed by atoms with E-state index >= 15 is 0 Å². The number of fused-ring (bicyclic) bond motifs is 5. The third-order valence-corrected chi connectivity index (χ3v) is 8.48. The van der Waals surface area contributed by atoms with Crippen molar-refractivity contribution in [1.82, 2.24) is 4.40 Å². The molecule has 2 heteroatoms. The highest BCUT2D eigenvalue weighted by molar-refractivity contribution is 6.26. The third kappa shape index (κ3) is 2.80. The van der Waals surface area contributed by atoms with Crippen molar-refractivity contribution in [1.29, 1.82) is 0 Å². The van der Waals surface area contributed by atoms with Crippen LogP contribution in [-0.4, -0.2) is 4.40 Å². The predicted octanol–water partition coefficient (Wildman–Crippen LogP) is 8.77. The van der Waals surface area contributed by atoms with Gasteiger partial charge in [0, 0.05) is 16.8 Å². The van der Waals surface area contributed by atoms with Crippen LogP contribution in [0.2, 0.25) is 0 Å². The van der Waals surface area contributed by atoms with Crippen molar-refractivity contribution in [2.24, 2.45) is 7.05 Å². The molecule has 0 bridgehead atoms. The van der Waals surface area contributed by atoms with E-state index < -0.39 is 0 Å². The van der Waals surface area contributed by atoms with Gasteiger partial charge in [-0.15, -0.1) is 0 Å². The maximum atomic E-state index is 2.53. The summed E-state index contributed by atoms with van der Waals surface area (Å²) in [5.41, 5.74) is 12.8. The van der Waals surface area contributed by atoms with Gasteiger partial charge in [-0.05, 0) is 82.9 Å². The van der Waals surface area contributed by atoms with Gasteiger partial charge in [-0.3, -0.25) is 0 Å². The van der Waals surface area contributed by atoms with Crippen LogP contribution in [0.15, 0.2) is 109 Å². The Morgan fingerprint density at radius 1 is 0.579 bits per heavy atom. The summed E-state index contributed by atoms with van der Waals surface area (Å²) in [4.78, 5) is 0. The van der Waals surface area contributed by atoms with E-state index in [-0.39, 0.29) is 0 Å². The Kier molecular flexibility index (Phi) is 4.31. The molecule has 0 aliphatic rings. The van der Waals surface area contributed by atoms with Crippen LogP contribution in [0, 0.1) is 13.8 Å². The first kappa shape index (κ1) is 21.4. The largest absolute Gasteiger partial charge is 0.307 e. The molecule has 0 aliphatic carbocycles. The summed E-state index contributed by atoms with van der Waals surface area (Å²) in [6, 6.07) is 37.8. The smallest absolute Gasteiger partial charge is 0.224 e. The maximum absolute atomic E-state index is 2.53. The first-order valence-corrected chi connectivity index (χ1v) is 13.3. The Morgan fingerprint density at radius 3 is 2.03 bits per heavy atom. The Morgan fingerprint density at radius 2 is 1.29 bits per heavy atom. The van der Waals surface area contributed by atoms with Gasteiger partial charge in [-0.2, -0.15) is 0 Å². The molecular weight excluding hydrogens is 460 g/mol. The Hall–Kier alpha value is -4.69. The summed E-state index contributed by atoms with van der Waals surface area (Å²) in [6.07, 6.45) is 2.22. The maximum Gasteiger partial charge on any atom is 0.224 e. The highest BCUT2D eigenvalue weighted by Gasteiger charge is 2.25. The topological polar surface area (TPSA) is 8.29 Å². The molecule has 38 heavy (non-hydrogen) atoms. The average molecular weight is 488 g/mol. The lowest BCUT2D eigenvalue weighted by Gasteiger charge is -2.15. The number of rotatable bonds is 2. The van der Waals surface area contributed by atoms with E-state index in [0.29, 0.717) is 0 Å². The monoisotopic (exact) mass is 487 g/mol. The molecule has 0 N–H and O–H groups in total.